The molecule has 2 fully saturated rings. The number of aromatic nitrogens is 5. The van der Waals surface area contributed by atoms with Gasteiger partial charge in [0.2, 0.25) is 11.8 Å². The maximum atomic E-state index is 12.7. The molecule has 5 rings (SSSR count). The van der Waals surface area contributed by atoms with Crippen molar-refractivity contribution in [3.8, 4) is 5.88 Å². The van der Waals surface area contributed by atoms with Crippen LogP contribution in [-0.4, -0.2) is 56.7 Å². The van der Waals surface area contributed by atoms with Crippen LogP contribution in [0.3, 0.4) is 0 Å². The van der Waals surface area contributed by atoms with E-state index < -0.39 is 12.8 Å². The molecule has 0 radical (unpaired) electrons. The van der Waals surface area contributed by atoms with Gasteiger partial charge in [0.1, 0.15) is 0 Å². The van der Waals surface area contributed by atoms with Crippen molar-refractivity contribution in [2.24, 2.45) is 11.8 Å². The third kappa shape index (κ3) is 4.30. The van der Waals surface area contributed by atoms with Crippen LogP contribution in [0.4, 0.5) is 25.1 Å². The van der Waals surface area contributed by atoms with E-state index in [9.17, 15) is 13.2 Å². The molecule has 1 saturated carbocycles. The molecule has 1 N–H and O–H groups in total. The third-order valence-electron chi connectivity index (χ3n) is 6.40. The van der Waals surface area contributed by atoms with Gasteiger partial charge < -0.3 is 19.5 Å². The summed E-state index contributed by atoms with van der Waals surface area (Å²) in [7, 11) is 0. The summed E-state index contributed by atoms with van der Waals surface area (Å²) in [5.74, 6) is 1.82. The van der Waals surface area contributed by atoms with E-state index in [4.69, 9.17) is 9.26 Å². The van der Waals surface area contributed by atoms with Crippen LogP contribution in [0.5, 0.6) is 5.88 Å². The van der Waals surface area contributed by atoms with Gasteiger partial charge in [-0.15, -0.1) is 5.10 Å². The largest absolute Gasteiger partial charge is 0.468 e. The second-order valence-corrected chi connectivity index (χ2v) is 9.15. The number of alkyl halides is 3. The highest BCUT2D eigenvalue weighted by atomic mass is 19.4. The molecule has 0 amide bonds. The molecule has 4 heterocycles. The van der Waals surface area contributed by atoms with Gasteiger partial charge in [0.25, 0.3) is 0 Å². The quantitative estimate of drug-likeness (QED) is 0.588. The lowest BCUT2D eigenvalue weighted by Crippen LogP contribution is -2.48. The summed E-state index contributed by atoms with van der Waals surface area (Å²) in [5.41, 5.74) is 1.39. The highest BCUT2D eigenvalue weighted by Crippen LogP contribution is 2.40. The number of halogens is 3. The van der Waals surface area contributed by atoms with E-state index in [1.807, 2.05) is 13.8 Å². The molecule has 0 spiro atoms. The van der Waals surface area contributed by atoms with Gasteiger partial charge in [-0.3, -0.25) is 0 Å². The Kier molecular flexibility index (Phi) is 5.32. The molecule has 33 heavy (non-hydrogen) atoms. The molecule has 3 atom stereocenters. The fourth-order valence-electron chi connectivity index (χ4n) is 4.91. The van der Waals surface area contributed by atoms with E-state index in [1.54, 1.807) is 13.0 Å². The lowest BCUT2D eigenvalue weighted by molar-refractivity contribution is -0.154. The van der Waals surface area contributed by atoms with Crippen molar-refractivity contribution in [2.75, 3.05) is 29.9 Å². The van der Waals surface area contributed by atoms with Crippen LogP contribution < -0.4 is 15.0 Å². The van der Waals surface area contributed by atoms with Crippen LogP contribution >= 0.6 is 0 Å². The third-order valence-corrected chi connectivity index (χ3v) is 6.40. The van der Waals surface area contributed by atoms with Gasteiger partial charge in [-0.1, -0.05) is 19.0 Å². The van der Waals surface area contributed by atoms with E-state index in [0.717, 1.165) is 31.5 Å². The average Bonchev–Trinajstić information content (AvgIpc) is 3.41. The zero-order chi connectivity index (χ0) is 23.3. The van der Waals surface area contributed by atoms with Crippen molar-refractivity contribution in [3.63, 3.8) is 0 Å². The Morgan fingerprint density at radius 1 is 1.18 bits per heavy atom. The molecule has 1 aliphatic carbocycles. The number of rotatable bonds is 6. The van der Waals surface area contributed by atoms with E-state index >= 15 is 0 Å². The summed E-state index contributed by atoms with van der Waals surface area (Å²) < 4.78 is 49.9. The first-order chi connectivity index (χ1) is 15.7. The number of nitrogens with one attached hydrogen (secondary N) is 1. The number of aryl methyl sites for hydroxylation is 1. The fraction of sp³-hybridized carbons (Fsp3) is 0.619. The Labute approximate surface area is 188 Å². The van der Waals surface area contributed by atoms with Crippen molar-refractivity contribution in [1.82, 2.24) is 24.7 Å². The van der Waals surface area contributed by atoms with Crippen LogP contribution in [0.15, 0.2) is 16.7 Å². The summed E-state index contributed by atoms with van der Waals surface area (Å²) in [4.78, 5) is 11.1. The first-order valence-corrected chi connectivity index (χ1v) is 11.1. The summed E-state index contributed by atoms with van der Waals surface area (Å²) in [5, 5.41) is 11.8. The Morgan fingerprint density at radius 3 is 2.52 bits per heavy atom. The second-order valence-electron chi connectivity index (χ2n) is 9.15. The molecule has 0 unspecified atom stereocenters. The minimum absolute atomic E-state index is 0.0110. The Balaban J connectivity index is 1.38. The molecule has 2 aliphatic rings. The number of hydrogen-bond acceptors (Lipinski definition) is 8. The molecule has 9 nitrogen and oxygen atoms in total. The molecule has 3 aromatic rings. The van der Waals surface area contributed by atoms with Gasteiger partial charge in [0.05, 0.1) is 0 Å². The Hall–Kier alpha value is -3.05. The van der Waals surface area contributed by atoms with Crippen molar-refractivity contribution in [2.45, 2.75) is 51.7 Å². The van der Waals surface area contributed by atoms with Crippen LogP contribution in [0.1, 0.15) is 44.0 Å². The highest BCUT2D eigenvalue weighted by Gasteiger charge is 2.43. The molecule has 2 bridgehead atoms. The zero-order valence-electron chi connectivity index (χ0n) is 18.6. The highest BCUT2D eigenvalue weighted by molar-refractivity contribution is 5.55. The fourth-order valence-corrected chi connectivity index (χ4v) is 4.91. The lowest BCUT2D eigenvalue weighted by Gasteiger charge is -2.37. The van der Waals surface area contributed by atoms with Gasteiger partial charge in [-0.05, 0) is 49.1 Å². The SMILES string of the molecule is Cc1noc(N2C[C@H]3CC[C@@H](C2)[C@@H]3Nc2nc3c(C(C)C)ccc(OCC(F)(F)F)n3n2)n1. The lowest BCUT2D eigenvalue weighted by atomic mass is 9.92. The number of piperidine rings is 1. The molecular weight excluding hydrogens is 439 g/mol. The number of fused-ring (bicyclic) bond motifs is 3. The summed E-state index contributed by atoms with van der Waals surface area (Å²) >= 11 is 0. The smallest absolute Gasteiger partial charge is 0.422 e. The van der Waals surface area contributed by atoms with Crippen molar-refractivity contribution in [3.05, 3.63) is 23.5 Å². The van der Waals surface area contributed by atoms with E-state index in [0.29, 0.717) is 35.3 Å². The molecule has 12 heteroatoms. The van der Waals surface area contributed by atoms with Gasteiger partial charge in [-0.25, -0.2) is 0 Å². The van der Waals surface area contributed by atoms with Crippen LogP contribution in [0.25, 0.3) is 5.65 Å². The number of pyridine rings is 1. The molecule has 178 valence electrons. The predicted molar refractivity (Wildman–Crippen MR) is 113 cm³/mol. The van der Waals surface area contributed by atoms with E-state index in [2.05, 4.69) is 30.4 Å². The zero-order valence-corrected chi connectivity index (χ0v) is 18.6. The maximum Gasteiger partial charge on any atom is 0.422 e. The van der Waals surface area contributed by atoms with Gasteiger partial charge in [-0.2, -0.15) is 27.7 Å². The number of nitrogens with zero attached hydrogens (tertiary/aromatic N) is 6. The Morgan fingerprint density at radius 2 is 1.91 bits per heavy atom. The minimum atomic E-state index is -4.44. The monoisotopic (exact) mass is 465 g/mol. The predicted octanol–water partition coefficient (Wildman–Crippen LogP) is 3.81. The molecule has 3 aromatic heterocycles. The second kappa shape index (κ2) is 8.07. The number of anilines is 2. The van der Waals surface area contributed by atoms with E-state index in [-0.39, 0.29) is 17.8 Å². The van der Waals surface area contributed by atoms with Crippen LogP contribution in [-0.2, 0) is 0 Å². The summed E-state index contributed by atoms with van der Waals surface area (Å²) in [6, 6.07) is 3.96. The molecule has 1 aliphatic heterocycles. The van der Waals surface area contributed by atoms with Crippen LogP contribution in [0, 0.1) is 18.8 Å². The van der Waals surface area contributed by atoms with Crippen LogP contribution in [0.2, 0.25) is 0 Å². The summed E-state index contributed by atoms with van der Waals surface area (Å²) in [6.07, 6.45) is -2.33. The normalized spacial score (nSPS) is 23.0. The van der Waals surface area contributed by atoms with Crippen molar-refractivity contribution < 1.29 is 22.4 Å². The van der Waals surface area contributed by atoms with Crippen molar-refractivity contribution >= 4 is 17.6 Å². The van der Waals surface area contributed by atoms with Crippen molar-refractivity contribution in [1.29, 1.82) is 0 Å². The molecular formula is C21H26F3N7O2. The molecule has 0 aromatic carbocycles. The van der Waals surface area contributed by atoms with E-state index in [1.165, 1.54) is 10.6 Å². The minimum Gasteiger partial charge on any atom is -0.468 e. The average molecular weight is 465 g/mol. The Bertz CT molecular complexity index is 1130. The van der Waals surface area contributed by atoms with Gasteiger partial charge in [0.15, 0.2) is 18.1 Å². The topological polar surface area (TPSA) is 93.6 Å². The first-order valence-electron chi connectivity index (χ1n) is 11.1. The van der Waals surface area contributed by atoms with Gasteiger partial charge in [0, 0.05) is 25.2 Å². The molecule has 1 saturated heterocycles. The number of ether oxygens (including phenoxy) is 1. The van der Waals surface area contributed by atoms with Gasteiger partial charge >= 0.3 is 12.2 Å². The first kappa shape index (κ1) is 21.8. The summed E-state index contributed by atoms with van der Waals surface area (Å²) in [6.45, 7) is 5.97. The maximum absolute atomic E-state index is 12.7. The standard InChI is InChI=1S/C21H26F3N7O2/c1-11(2)15-6-7-16(32-10-21(22,23)24)31-18(15)27-19(28-31)26-17-13-4-5-14(17)9-30(8-13)20-25-12(3)29-33-20/h6-7,11,13-14,17H,4-5,8-10H2,1-3H3,(H,26,28)/t13-,14+,17-. The number of hydrogen-bond donors (Lipinski definition) is 1.